The minimum absolute atomic E-state index is 0.101. The average molecular weight is 364 g/mol. The average Bonchev–Trinajstić information content (AvgIpc) is 3.33. The second-order valence-electron chi connectivity index (χ2n) is 7.44. The van der Waals surface area contributed by atoms with Crippen LogP contribution in [0.2, 0.25) is 0 Å². The van der Waals surface area contributed by atoms with Crippen LogP contribution in [0.15, 0.2) is 24.3 Å². The Labute approximate surface area is 148 Å². The Balaban J connectivity index is 1.46. The van der Waals surface area contributed by atoms with Gasteiger partial charge >= 0.3 is 0 Å². The van der Waals surface area contributed by atoms with Crippen molar-refractivity contribution in [2.75, 3.05) is 26.7 Å². The van der Waals surface area contributed by atoms with E-state index in [0.717, 1.165) is 30.6 Å². The van der Waals surface area contributed by atoms with E-state index in [-0.39, 0.29) is 11.2 Å². The molecule has 1 spiro atoms. The lowest BCUT2D eigenvalue weighted by molar-refractivity contribution is -0.135. The summed E-state index contributed by atoms with van der Waals surface area (Å²) in [4.78, 5) is 14.9. The second kappa shape index (κ2) is 5.99. The molecule has 3 aliphatic rings. The van der Waals surface area contributed by atoms with Gasteiger partial charge < -0.3 is 9.64 Å². The van der Waals surface area contributed by atoms with Gasteiger partial charge in [0.2, 0.25) is 15.9 Å². The third-order valence-corrected chi connectivity index (χ3v) is 8.08. The normalized spacial score (nSPS) is 27.4. The highest BCUT2D eigenvalue weighted by atomic mass is 32.2. The first kappa shape index (κ1) is 16.8. The Bertz CT molecular complexity index is 790. The fraction of sp³-hybridized carbons (Fsp3) is 0.611. The van der Waals surface area contributed by atoms with Crippen LogP contribution in [0.25, 0.3) is 0 Å². The van der Waals surface area contributed by atoms with Crippen LogP contribution in [-0.4, -0.2) is 55.5 Å². The number of amides is 1. The van der Waals surface area contributed by atoms with Crippen LogP contribution in [0.5, 0.6) is 5.75 Å². The van der Waals surface area contributed by atoms with Gasteiger partial charge in [-0.25, -0.2) is 12.7 Å². The largest absolute Gasteiger partial charge is 0.497 e. The molecular weight excluding hydrogens is 340 g/mol. The summed E-state index contributed by atoms with van der Waals surface area (Å²) in [6, 6.07) is 7.73. The lowest BCUT2D eigenvalue weighted by Crippen LogP contribution is -2.39. The fourth-order valence-corrected chi connectivity index (χ4v) is 5.97. The number of rotatable bonds is 5. The van der Waals surface area contributed by atoms with Crippen molar-refractivity contribution in [1.29, 1.82) is 0 Å². The summed E-state index contributed by atoms with van der Waals surface area (Å²) in [5.74, 6) is 0.880. The predicted molar refractivity (Wildman–Crippen MR) is 93.6 cm³/mol. The van der Waals surface area contributed by atoms with Crippen LogP contribution >= 0.6 is 0 Å². The summed E-state index contributed by atoms with van der Waals surface area (Å²) in [5, 5.41) is -0.202. The van der Waals surface area contributed by atoms with Crippen molar-refractivity contribution in [3.8, 4) is 5.75 Å². The lowest BCUT2D eigenvalue weighted by atomic mass is 9.86. The van der Waals surface area contributed by atoms with Gasteiger partial charge in [0.05, 0.1) is 17.8 Å². The molecule has 1 amide bonds. The number of carbonyl (C=O) groups excluding carboxylic acids is 1. The number of likely N-dealkylation sites (tertiary alicyclic amines) is 1. The Morgan fingerprint density at radius 3 is 2.72 bits per heavy atom. The highest BCUT2D eigenvalue weighted by molar-refractivity contribution is 7.90. The van der Waals surface area contributed by atoms with Crippen LogP contribution in [0, 0.1) is 5.41 Å². The highest BCUT2D eigenvalue weighted by Crippen LogP contribution is 2.44. The molecule has 0 aromatic heterocycles. The van der Waals surface area contributed by atoms with Crippen molar-refractivity contribution in [3.63, 3.8) is 0 Å². The molecule has 1 aromatic rings. The third kappa shape index (κ3) is 2.93. The molecule has 1 atom stereocenters. The number of sulfonamides is 1. The maximum atomic E-state index is 13.0. The minimum Gasteiger partial charge on any atom is -0.497 e. The second-order valence-corrected chi connectivity index (χ2v) is 9.65. The van der Waals surface area contributed by atoms with Crippen molar-refractivity contribution in [2.24, 2.45) is 5.41 Å². The SMILES string of the molecule is COc1cccc(CN2CC[C@@]3(CCN(S(=O)(=O)C4CC4)C3)C2=O)c1. The van der Waals surface area contributed by atoms with Gasteiger partial charge in [-0.15, -0.1) is 0 Å². The number of carbonyl (C=O) groups is 1. The molecule has 4 rings (SSSR count). The van der Waals surface area contributed by atoms with E-state index in [1.165, 1.54) is 0 Å². The van der Waals surface area contributed by atoms with Gasteiger partial charge in [-0.05, 0) is 43.4 Å². The maximum absolute atomic E-state index is 13.0. The molecule has 2 heterocycles. The fourth-order valence-electron chi connectivity index (χ4n) is 4.04. The van der Waals surface area contributed by atoms with Gasteiger partial charge in [-0.2, -0.15) is 0 Å². The highest BCUT2D eigenvalue weighted by Gasteiger charge is 2.54. The number of ether oxygens (including phenoxy) is 1. The molecule has 0 radical (unpaired) electrons. The molecule has 7 heteroatoms. The Morgan fingerprint density at radius 2 is 2.00 bits per heavy atom. The van der Waals surface area contributed by atoms with E-state index in [0.29, 0.717) is 32.6 Å². The zero-order valence-corrected chi connectivity index (χ0v) is 15.3. The van der Waals surface area contributed by atoms with Gasteiger partial charge in [0.15, 0.2) is 0 Å². The van der Waals surface area contributed by atoms with Crippen molar-refractivity contribution < 1.29 is 17.9 Å². The van der Waals surface area contributed by atoms with E-state index in [2.05, 4.69) is 0 Å². The molecule has 1 aliphatic carbocycles. The zero-order valence-electron chi connectivity index (χ0n) is 14.5. The molecule has 6 nitrogen and oxygen atoms in total. The summed E-state index contributed by atoms with van der Waals surface area (Å²) in [7, 11) is -1.56. The Hall–Kier alpha value is -1.60. The van der Waals surface area contributed by atoms with Crippen LogP contribution in [0.1, 0.15) is 31.2 Å². The van der Waals surface area contributed by atoms with Crippen LogP contribution in [0.3, 0.4) is 0 Å². The van der Waals surface area contributed by atoms with Gasteiger partial charge in [0, 0.05) is 26.2 Å². The van der Waals surface area contributed by atoms with E-state index >= 15 is 0 Å². The molecule has 3 fully saturated rings. The summed E-state index contributed by atoms with van der Waals surface area (Å²) in [6.45, 7) is 2.08. The smallest absolute Gasteiger partial charge is 0.230 e. The summed E-state index contributed by atoms with van der Waals surface area (Å²) >= 11 is 0. The number of benzene rings is 1. The third-order valence-electron chi connectivity index (χ3n) is 5.73. The molecule has 2 aliphatic heterocycles. The zero-order chi connectivity index (χ0) is 17.7. The lowest BCUT2D eigenvalue weighted by Gasteiger charge is -2.23. The Morgan fingerprint density at radius 1 is 1.24 bits per heavy atom. The number of methoxy groups -OCH3 is 1. The molecule has 0 N–H and O–H groups in total. The number of hydrogen-bond acceptors (Lipinski definition) is 4. The minimum atomic E-state index is -3.19. The first-order valence-corrected chi connectivity index (χ1v) is 10.4. The van der Waals surface area contributed by atoms with E-state index in [1.54, 1.807) is 11.4 Å². The Kier molecular flexibility index (Phi) is 4.03. The molecule has 136 valence electrons. The summed E-state index contributed by atoms with van der Waals surface area (Å²) in [6.07, 6.45) is 2.92. The van der Waals surface area contributed by atoms with E-state index in [9.17, 15) is 13.2 Å². The first-order chi connectivity index (χ1) is 11.9. The standard InChI is InChI=1S/C18H24N2O4S/c1-24-15-4-2-3-14(11-15)12-19-9-7-18(17(19)21)8-10-20(13-18)25(22,23)16-5-6-16/h2-4,11,16H,5-10,12-13H2,1H3/t18-/m0/s1. The van der Waals surface area contributed by atoms with Crippen LogP contribution < -0.4 is 4.74 Å². The molecule has 1 aromatic carbocycles. The molecular formula is C18H24N2O4S. The molecule has 0 unspecified atom stereocenters. The van der Waals surface area contributed by atoms with Crippen molar-refractivity contribution in [2.45, 2.75) is 37.5 Å². The summed E-state index contributed by atoms with van der Waals surface area (Å²) in [5.41, 5.74) is 0.520. The number of nitrogens with zero attached hydrogens (tertiary/aromatic N) is 2. The van der Waals surface area contributed by atoms with Crippen molar-refractivity contribution >= 4 is 15.9 Å². The molecule has 0 bridgehead atoms. The van der Waals surface area contributed by atoms with Gasteiger partial charge in [0.25, 0.3) is 0 Å². The van der Waals surface area contributed by atoms with E-state index < -0.39 is 15.4 Å². The monoisotopic (exact) mass is 364 g/mol. The quantitative estimate of drug-likeness (QED) is 0.796. The maximum Gasteiger partial charge on any atom is 0.230 e. The number of hydrogen-bond donors (Lipinski definition) is 0. The van der Waals surface area contributed by atoms with Crippen LogP contribution in [0.4, 0.5) is 0 Å². The van der Waals surface area contributed by atoms with Gasteiger partial charge in [-0.1, -0.05) is 12.1 Å². The van der Waals surface area contributed by atoms with Gasteiger partial charge in [0.1, 0.15) is 5.75 Å². The van der Waals surface area contributed by atoms with Crippen molar-refractivity contribution in [3.05, 3.63) is 29.8 Å². The van der Waals surface area contributed by atoms with E-state index in [1.807, 2.05) is 29.2 Å². The first-order valence-electron chi connectivity index (χ1n) is 8.86. The van der Waals surface area contributed by atoms with Crippen molar-refractivity contribution in [1.82, 2.24) is 9.21 Å². The van der Waals surface area contributed by atoms with Crippen LogP contribution in [-0.2, 0) is 21.4 Å². The summed E-state index contributed by atoms with van der Waals surface area (Å²) < 4.78 is 31.8. The molecule has 25 heavy (non-hydrogen) atoms. The predicted octanol–water partition coefficient (Wildman–Crippen LogP) is 1.61. The van der Waals surface area contributed by atoms with Gasteiger partial charge in [-0.3, -0.25) is 4.79 Å². The van der Waals surface area contributed by atoms with E-state index in [4.69, 9.17) is 4.74 Å². The molecule has 1 saturated carbocycles. The topological polar surface area (TPSA) is 66.9 Å². The molecule has 2 saturated heterocycles.